The number of nitrogens with two attached hydrogens (primary N) is 2. The monoisotopic (exact) mass is 1620 g/mol. The maximum absolute atomic E-state index is 14.3. The van der Waals surface area contributed by atoms with E-state index in [1.54, 1.807) is 36.4 Å². The van der Waals surface area contributed by atoms with Crippen molar-refractivity contribution in [2.24, 2.45) is 16.5 Å². The number of hydrogen-bond acceptors (Lipinski definition) is 15. The van der Waals surface area contributed by atoms with Crippen LogP contribution in [0.1, 0.15) is 157 Å². The van der Waals surface area contributed by atoms with E-state index in [2.05, 4.69) is 146 Å². The molecule has 114 heavy (non-hydrogen) atoms. The number of guanidine groups is 1. The molecule has 3 heterocycles. The van der Waals surface area contributed by atoms with Gasteiger partial charge in [-0.25, -0.2) is 0 Å². The number of carboxylic acids is 1. The topological polar surface area (TPSA) is 441 Å². The van der Waals surface area contributed by atoms with Gasteiger partial charge in [-0.15, -0.1) is 0 Å². The van der Waals surface area contributed by atoms with Gasteiger partial charge >= 0.3 is 5.97 Å². The van der Waals surface area contributed by atoms with Crippen molar-refractivity contribution in [1.29, 1.82) is 0 Å². The molecule has 618 valence electrons. The number of anilines is 1. The molecule has 0 unspecified atom stereocenters. The second-order valence-corrected chi connectivity index (χ2v) is 35.6. The third kappa shape index (κ3) is 25.2. The zero-order valence-electron chi connectivity index (χ0n) is 67.1. The van der Waals surface area contributed by atoms with E-state index in [9.17, 15) is 74.5 Å². The van der Waals surface area contributed by atoms with Gasteiger partial charge in [-0.1, -0.05) is 56.7 Å². The molecule has 32 heteroatoms. The third-order valence-electron chi connectivity index (χ3n) is 20.9. The Morgan fingerprint density at radius 3 is 1.89 bits per heavy atom. The zero-order valence-corrected chi connectivity index (χ0v) is 68.7. The number of aromatic hydroxyl groups is 1. The number of rotatable bonds is 34. The number of aliphatic imine (C=N–C) groups is 1. The van der Waals surface area contributed by atoms with Gasteiger partial charge in [-0.3, -0.25) is 52.5 Å². The summed E-state index contributed by atoms with van der Waals surface area (Å²) in [5.74, 6) is -6.65. The molecule has 4 aromatic rings. The Hall–Kier alpha value is -10.1. The number of benzene rings is 4. The molecule has 1 saturated heterocycles. The van der Waals surface area contributed by atoms with Crippen LogP contribution in [0.2, 0.25) is 0 Å². The normalized spacial score (nSPS) is 19.8. The van der Waals surface area contributed by atoms with Crippen LogP contribution in [0.25, 0.3) is 5.57 Å². The van der Waals surface area contributed by atoms with Crippen LogP contribution in [-0.2, 0) is 71.0 Å². The minimum Gasteiger partial charge on any atom is -0.508 e. The number of hydrogen-bond donors (Lipinski definition) is 13. The van der Waals surface area contributed by atoms with Crippen molar-refractivity contribution in [3.63, 3.8) is 0 Å². The van der Waals surface area contributed by atoms with Crippen LogP contribution in [0.4, 0.5) is 11.4 Å². The summed E-state index contributed by atoms with van der Waals surface area (Å²) in [4.78, 5) is 114. The fourth-order valence-electron chi connectivity index (χ4n) is 14.8. The molecule has 4 atom stereocenters. The Bertz CT molecular complexity index is 4670. The highest BCUT2D eigenvalue weighted by Crippen LogP contribution is 2.50. The van der Waals surface area contributed by atoms with Gasteiger partial charge in [-0.2, -0.15) is 21.4 Å². The highest BCUT2D eigenvalue weighted by atomic mass is 32.2. The van der Waals surface area contributed by atoms with E-state index in [0.29, 0.717) is 69.3 Å². The van der Waals surface area contributed by atoms with E-state index in [-0.39, 0.29) is 84.9 Å². The molecule has 4 aliphatic rings. The molecule has 0 spiro atoms. The lowest BCUT2D eigenvalue weighted by atomic mass is 9.79. The summed E-state index contributed by atoms with van der Waals surface area (Å²) in [7, 11) is 3.81. The Labute approximate surface area is 668 Å². The van der Waals surface area contributed by atoms with Crippen LogP contribution in [0, 0.1) is 0 Å². The van der Waals surface area contributed by atoms with Gasteiger partial charge in [0.1, 0.15) is 29.9 Å². The average Bonchev–Trinajstić information content (AvgIpc) is 1.59. The first-order valence-corrected chi connectivity index (χ1v) is 41.7. The molecule has 0 bridgehead atoms. The average molecular weight is 1620 g/mol. The van der Waals surface area contributed by atoms with Gasteiger partial charge in [0.25, 0.3) is 26.1 Å². The van der Waals surface area contributed by atoms with E-state index in [1.807, 2.05) is 12.1 Å². The summed E-state index contributed by atoms with van der Waals surface area (Å²) < 4.78 is 74.4. The first-order chi connectivity index (χ1) is 53.5. The number of allylic oxidation sites excluding steroid dienone is 8. The molecule has 3 aliphatic heterocycles. The van der Waals surface area contributed by atoms with E-state index >= 15 is 0 Å². The lowest BCUT2D eigenvalue weighted by Gasteiger charge is -2.29. The predicted octanol–water partition coefficient (Wildman–Crippen LogP) is 5.67. The van der Waals surface area contributed by atoms with E-state index in [4.69, 9.17) is 11.5 Å². The number of unbranched alkanes of at least 4 members (excludes halogenated alkanes) is 3. The van der Waals surface area contributed by atoms with Gasteiger partial charge in [-0.05, 0) is 172 Å². The minimum atomic E-state index is -4.51. The number of carboxylic acid groups (broad SMARTS) is 1. The van der Waals surface area contributed by atoms with Crippen molar-refractivity contribution < 1.29 is 88.1 Å². The maximum atomic E-state index is 14.3. The Kier molecular flexibility index (Phi) is 30.4. The van der Waals surface area contributed by atoms with Crippen molar-refractivity contribution >= 4 is 96.2 Å². The van der Waals surface area contributed by atoms with E-state index in [0.717, 1.165) is 97.5 Å². The number of aliphatic carboxylic acids is 1. The Balaban J connectivity index is 0.954. The molecule has 1 aliphatic carbocycles. The number of amides is 7. The molecule has 1 fully saturated rings. The second-order valence-electron chi connectivity index (χ2n) is 32.7. The van der Waals surface area contributed by atoms with Crippen LogP contribution < -0.4 is 53.6 Å². The second kappa shape index (κ2) is 38.8. The highest BCUT2D eigenvalue weighted by molar-refractivity contribution is 7.86. The SMILES string of the molecule is CC1(C)C(=CC=C2CCCC(C=CC3=[N+](CCC[N+](C)(C)C)c4ccc(S(=O)(=O)O)cc4C3(C)C)=C2c2ccc(C(=O)NCCCCCC(=O)NCCCC[C@@H]3NC(=O)[C@@H](Cc4ccc(O)cc4)NC(=O)[C@H](CC(=O)O)NC(=O)CNC(=O)[C@H](CCCN=C(N)N)NC3=O)cc2)N(CCC[N+](C)(C)C)c2ccc(S(=O)(=O)O)cc21. The third-order valence-corrected chi connectivity index (χ3v) is 22.6. The number of carbonyl (C=O) groups excluding carboxylic acids is 7. The molecule has 15 N–H and O–H groups in total. The highest BCUT2D eigenvalue weighted by Gasteiger charge is 2.46. The fourth-order valence-corrected chi connectivity index (χ4v) is 15.8. The van der Waals surface area contributed by atoms with Crippen LogP contribution in [-0.4, -0.2) is 227 Å². The lowest BCUT2D eigenvalue weighted by Crippen LogP contribution is -2.58. The number of carbonyl (C=O) groups is 8. The number of phenolic OH excluding ortho intramolecular Hbond substituents is 1. The summed E-state index contributed by atoms with van der Waals surface area (Å²) in [6, 6.07) is 17.1. The number of nitrogens with zero attached hydrogens (tertiary/aromatic N) is 5. The summed E-state index contributed by atoms with van der Waals surface area (Å²) in [6.45, 7) is 11.2. The van der Waals surface area contributed by atoms with Gasteiger partial charge in [0.15, 0.2) is 18.2 Å². The standard InChI is InChI=1S/C82H112N14O16S2/c1-81(2)61-49-59(113(107,108)109)35-37-67(61)93(44-18-46-95(5,6)7)69(81)39-31-54-20-16-21-55(32-40-70-82(3,4)62-50-60(114(110,111)112)36-38-68(62)94(70)45-19-47-96(8,9)10)74(54)56-27-29-57(30-28-56)75(102)86-42-14-11-12-24-71(98)85-41-15-13-22-64-77(104)90-63(23-17-43-87-80(83)84)76(103)88-52-72(99)89-66(51-73(100)101)79(106)92-65(78(105)91-64)48-53-25-33-58(97)34-26-53/h25-40,49-50,63-66H,11-24,41-48,51-52H2,1-10H3,(H12-3,83,84,85,86,87,88,89,90,91,92,97,98,99,100,101,102,103,104,105,106,107,108,109,110,111,112)/p+3/t63-,64-,65+,66-/m0/s1. The largest absolute Gasteiger partial charge is 0.508 e. The summed E-state index contributed by atoms with van der Waals surface area (Å²) in [6.07, 6.45) is 14.0. The lowest BCUT2D eigenvalue weighted by molar-refractivity contribution is -0.871. The van der Waals surface area contributed by atoms with Gasteiger partial charge < -0.3 is 72.8 Å². The van der Waals surface area contributed by atoms with Crippen molar-refractivity contribution in [3.8, 4) is 5.75 Å². The van der Waals surface area contributed by atoms with Crippen LogP contribution in [0.15, 0.2) is 141 Å². The Morgan fingerprint density at radius 1 is 0.649 bits per heavy atom. The van der Waals surface area contributed by atoms with Crippen LogP contribution >= 0.6 is 0 Å². The molecule has 0 radical (unpaired) electrons. The summed E-state index contributed by atoms with van der Waals surface area (Å²) in [5.41, 5.74) is 19.6. The molecular weight excluding hydrogens is 1500 g/mol. The van der Waals surface area contributed by atoms with Gasteiger partial charge in [0.05, 0.1) is 90.0 Å². The zero-order chi connectivity index (χ0) is 83.7. The van der Waals surface area contributed by atoms with Crippen LogP contribution in [0.3, 0.4) is 0 Å². The van der Waals surface area contributed by atoms with Crippen molar-refractivity contribution in [2.75, 3.05) is 99.5 Å². The van der Waals surface area contributed by atoms with Gasteiger partial charge in [0, 0.05) is 85.5 Å². The maximum Gasteiger partial charge on any atom is 0.305 e. The number of fused-ring (bicyclic) bond motifs is 2. The van der Waals surface area contributed by atoms with E-state index < -0.39 is 104 Å². The quantitative estimate of drug-likeness (QED) is 0.00668. The fraction of sp³-hybridized carbons (Fsp3) is 0.488. The molecule has 4 aromatic carbocycles. The molecule has 30 nitrogen and oxygen atoms in total. The Morgan fingerprint density at radius 2 is 1.25 bits per heavy atom. The smallest absolute Gasteiger partial charge is 0.305 e. The number of quaternary nitrogens is 2. The first-order valence-electron chi connectivity index (χ1n) is 38.8. The predicted molar refractivity (Wildman–Crippen MR) is 436 cm³/mol. The molecule has 0 saturated carbocycles. The van der Waals surface area contributed by atoms with E-state index in [1.165, 1.54) is 36.4 Å². The van der Waals surface area contributed by atoms with Crippen molar-refractivity contribution in [1.82, 2.24) is 37.2 Å². The summed E-state index contributed by atoms with van der Waals surface area (Å²) >= 11 is 0. The minimum absolute atomic E-state index is 0.0106. The molecular formula is C82H115N14O16S2+3. The van der Waals surface area contributed by atoms with Crippen LogP contribution in [0.5, 0.6) is 5.75 Å². The van der Waals surface area contributed by atoms with Gasteiger partial charge in [0.2, 0.25) is 41.1 Å². The first kappa shape index (κ1) is 89.4. The number of phenols is 1. The van der Waals surface area contributed by atoms with Crippen molar-refractivity contribution in [3.05, 3.63) is 154 Å². The van der Waals surface area contributed by atoms with Crippen molar-refractivity contribution in [2.45, 2.75) is 175 Å². The molecule has 0 aromatic heterocycles. The summed E-state index contributed by atoms with van der Waals surface area (Å²) in [5, 5.41) is 38.1. The molecule has 8 rings (SSSR count). The molecule has 7 amide bonds. The number of nitrogens with one attached hydrogen (secondary N) is 7.